The molecule has 1 amide bonds. The molecule has 0 aliphatic carbocycles. The number of aromatic amines is 1. The summed E-state index contributed by atoms with van der Waals surface area (Å²) in [5.74, 6) is 0.241. The summed E-state index contributed by atoms with van der Waals surface area (Å²) in [7, 11) is 0. The molecular weight excluding hydrogens is 224 g/mol. The summed E-state index contributed by atoms with van der Waals surface area (Å²) in [6.45, 7) is 5.63. The first-order chi connectivity index (χ1) is 8.76. The summed E-state index contributed by atoms with van der Waals surface area (Å²) >= 11 is 0. The van der Waals surface area contributed by atoms with E-state index in [9.17, 15) is 4.79 Å². The standard InChI is InChI=1S/C15H20N2O/c1-3-17(4-2)15(18)10-9-12-11-16-14-8-6-5-7-13(12)14/h5-8,11,16H,3-4,9-10H2,1-2H3. The second-order valence-electron chi connectivity index (χ2n) is 4.43. The Balaban J connectivity index is 2.04. The number of para-hydroxylation sites is 1. The molecule has 2 aromatic rings. The molecule has 0 aliphatic rings. The highest BCUT2D eigenvalue weighted by Crippen LogP contribution is 2.19. The fourth-order valence-corrected chi connectivity index (χ4v) is 2.31. The van der Waals surface area contributed by atoms with Crippen LogP contribution in [0, 0.1) is 0 Å². The van der Waals surface area contributed by atoms with Gasteiger partial charge in [-0.2, -0.15) is 0 Å². The number of fused-ring (bicyclic) bond motifs is 1. The maximum absolute atomic E-state index is 12.0. The summed E-state index contributed by atoms with van der Waals surface area (Å²) < 4.78 is 0. The van der Waals surface area contributed by atoms with E-state index in [2.05, 4.69) is 17.1 Å². The van der Waals surface area contributed by atoms with Gasteiger partial charge in [0.25, 0.3) is 0 Å². The number of aromatic nitrogens is 1. The van der Waals surface area contributed by atoms with Gasteiger partial charge in [0, 0.05) is 36.6 Å². The van der Waals surface area contributed by atoms with Gasteiger partial charge in [0.15, 0.2) is 0 Å². The number of amides is 1. The average Bonchev–Trinajstić information content (AvgIpc) is 2.81. The van der Waals surface area contributed by atoms with E-state index in [-0.39, 0.29) is 5.91 Å². The van der Waals surface area contributed by atoms with E-state index in [1.165, 1.54) is 10.9 Å². The van der Waals surface area contributed by atoms with Crippen LogP contribution in [0.15, 0.2) is 30.5 Å². The van der Waals surface area contributed by atoms with Crippen LogP contribution < -0.4 is 0 Å². The van der Waals surface area contributed by atoms with Crippen LogP contribution in [0.25, 0.3) is 10.9 Å². The van der Waals surface area contributed by atoms with Crippen molar-refractivity contribution in [3.63, 3.8) is 0 Å². The van der Waals surface area contributed by atoms with Gasteiger partial charge in [0.2, 0.25) is 5.91 Å². The highest BCUT2D eigenvalue weighted by molar-refractivity contribution is 5.84. The van der Waals surface area contributed by atoms with Crippen molar-refractivity contribution in [2.45, 2.75) is 26.7 Å². The number of carbonyl (C=O) groups is 1. The number of H-pyrrole nitrogens is 1. The first-order valence-corrected chi connectivity index (χ1v) is 6.59. The van der Waals surface area contributed by atoms with E-state index in [0.29, 0.717) is 6.42 Å². The summed E-state index contributed by atoms with van der Waals surface area (Å²) in [6.07, 6.45) is 3.41. The number of aryl methyl sites for hydroxylation is 1. The molecule has 0 bridgehead atoms. The van der Waals surface area contributed by atoms with Crippen molar-refractivity contribution in [2.24, 2.45) is 0 Å². The third-order valence-electron chi connectivity index (χ3n) is 3.40. The highest BCUT2D eigenvalue weighted by atomic mass is 16.2. The first-order valence-electron chi connectivity index (χ1n) is 6.59. The zero-order valence-corrected chi connectivity index (χ0v) is 11.1. The lowest BCUT2D eigenvalue weighted by atomic mass is 10.1. The largest absolute Gasteiger partial charge is 0.361 e. The predicted molar refractivity (Wildman–Crippen MR) is 74.5 cm³/mol. The fraction of sp³-hybridized carbons (Fsp3) is 0.400. The Labute approximate surface area is 108 Å². The molecule has 1 aromatic heterocycles. The molecule has 0 aliphatic heterocycles. The normalized spacial score (nSPS) is 10.8. The number of carbonyl (C=O) groups excluding carboxylic acids is 1. The third kappa shape index (κ3) is 2.55. The summed E-state index contributed by atoms with van der Waals surface area (Å²) in [6, 6.07) is 8.21. The Hall–Kier alpha value is -1.77. The lowest BCUT2D eigenvalue weighted by molar-refractivity contribution is -0.130. The maximum atomic E-state index is 12.0. The first kappa shape index (κ1) is 12.7. The predicted octanol–water partition coefficient (Wildman–Crippen LogP) is 2.97. The molecule has 3 heteroatoms. The monoisotopic (exact) mass is 244 g/mol. The Bertz CT molecular complexity index is 526. The van der Waals surface area contributed by atoms with Gasteiger partial charge in [-0.25, -0.2) is 0 Å². The molecule has 0 radical (unpaired) electrons. The van der Waals surface area contributed by atoms with E-state index in [1.54, 1.807) is 0 Å². The van der Waals surface area contributed by atoms with Crippen LogP contribution in [0.5, 0.6) is 0 Å². The average molecular weight is 244 g/mol. The van der Waals surface area contributed by atoms with E-state index in [1.807, 2.05) is 37.1 Å². The molecule has 0 saturated carbocycles. The molecule has 0 fully saturated rings. The maximum Gasteiger partial charge on any atom is 0.222 e. The minimum atomic E-state index is 0.241. The molecule has 0 spiro atoms. The molecular formula is C15H20N2O. The Morgan fingerprint density at radius 2 is 1.94 bits per heavy atom. The van der Waals surface area contributed by atoms with Crippen molar-refractivity contribution < 1.29 is 4.79 Å². The number of nitrogens with one attached hydrogen (secondary N) is 1. The SMILES string of the molecule is CCN(CC)C(=O)CCc1c[nH]c2ccccc12. The van der Waals surface area contributed by atoms with Crippen molar-refractivity contribution in [3.8, 4) is 0 Å². The van der Waals surface area contributed by atoms with Gasteiger partial charge in [0.05, 0.1) is 0 Å². The van der Waals surface area contributed by atoms with Gasteiger partial charge < -0.3 is 9.88 Å². The van der Waals surface area contributed by atoms with Crippen LogP contribution >= 0.6 is 0 Å². The number of nitrogens with zero attached hydrogens (tertiary/aromatic N) is 1. The number of hydrogen-bond acceptors (Lipinski definition) is 1. The quantitative estimate of drug-likeness (QED) is 0.862. The molecule has 1 N–H and O–H groups in total. The second kappa shape index (κ2) is 5.71. The van der Waals surface area contributed by atoms with Crippen molar-refractivity contribution in [2.75, 3.05) is 13.1 Å². The summed E-state index contributed by atoms with van der Waals surface area (Å²) in [5.41, 5.74) is 2.37. The number of rotatable bonds is 5. The van der Waals surface area contributed by atoms with Crippen LogP contribution in [0.2, 0.25) is 0 Å². The molecule has 0 saturated heterocycles. The Kier molecular flexibility index (Phi) is 4.03. The lowest BCUT2D eigenvalue weighted by Crippen LogP contribution is -2.30. The zero-order valence-electron chi connectivity index (χ0n) is 11.1. The van der Waals surface area contributed by atoms with Gasteiger partial charge in [-0.15, -0.1) is 0 Å². The number of hydrogen-bond donors (Lipinski definition) is 1. The van der Waals surface area contributed by atoms with Crippen LogP contribution in [-0.4, -0.2) is 28.9 Å². The van der Waals surface area contributed by atoms with Gasteiger partial charge in [0.1, 0.15) is 0 Å². The van der Waals surface area contributed by atoms with Gasteiger partial charge in [-0.05, 0) is 31.9 Å². The van der Waals surface area contributed by atoms with Gasteiger partial charge in [-0.3, -0.25) is 4.79 Å². The highest BCUT2D eigenvalue weighted by Gasteiger charge is 2.10. The van der Waals surface area contributed by atoms with E-state index in [0.717, 1.165) is 25.0 Å². The van der Waals surface area contributed by atoms with E-state index < -0.39 is 0 Å². The van der Waals surface area contributed by atoms with Gasteiger partial charge >= 0.3 is 0 Å². The molecule has 3 nitrogen and oxygen atoms in total. The number of benzene rings is 1. The molecule has 0 unspecified atom stereocenters. The van der Waals surface area contributed by atoms with Crippen LogP contribution in [0.3, 0.4) is 0 Å². The second-order valence-corrected chi connectivity index (χ2v) is 4.43. The van der Waals surface area contributed by atoms with Crippen molar-refractivity contribution in [1.82, 2.24) is 9.88 Å². The molecule has 1 aromatic carbocycles. The van der Waals surface area contributed by atoms with E-state index in [4.69, 9.17) is 0 Å². The third-order valence-corrected chi connectivity index (χ3v) is 3.40. The van der Waals surface area contributed by atoms with Crippen LogP contribution in [0.4, 0.5) is 0 Å². The minimum Gasteiger partial charge on any atom is -0.361 e. The van der Waals surface area contributed by atoms with Crippen LogP contribution in [-0.2, 0) is 11.2 Å². The Morgan fingerprint density at radius 3 is 2.67 bits per heavy atom. The lowest BCUT2D eigenvalue weighted by Gasteiger charge is -2.18. The summed E-state index contributed by atoms with van der Waals surface area (Å²) in [4.78, 5) is 17.1. The van der Waals surface area contributed by atoms with Crippen molar-refractivity contribution in [3.05, 3.63) is 36.0 Å². The van der Waals surface area contributed by atoms with Crippen LogP contribution in [0.1, 0.15) is 25.8 Å². The molecule has 0 atom stereocenters. The van der Waals surface area contributed by atoms with Gasteiger partial charge in [-0.1, -0.05) is 18.2 Å². The molecule has 2 rings (SSSR count). The smallest absolute Gasteiger partial charge is 0.222 e. The molecule has 18 heavy (non-hydrogen) atoms. The van der Waals surface area contributed by atoms with Crippen molar-refractivity contribution in [1.29, 1.82) is 0 Å². The zero-order chi connectivity index (χ0) is 13.0. The molecule has 1 heterocycles. The topological polar surface area (TPSA) is 36.1 Å². The molecule has 96 valence electrons. The van der Waals surface area contributed by atoms with E-state index >= 15 is 0 Å². The summed E-state index contributed by atoms with van der Waals surface area (Å²) in [5, 5.41) is 1.23. The van der Waals surface area contributed by atoms with Crippen molar-refractivity contribution >= 4 is 16.8 Å². The Morgan fingerprint density at radius 1 is 1.22 bits per heavy atom. The minimum absolute atomic E-state index is 0.241. The fourth-order valence-electron chi connectivity index (χ4n) is 2.31.